The third-order valence-electron chi connectivity index (χ3n) is 15.9. The van der Waals surface area contributed by atoms with Gasteiger partial charge in [-0.3, -0.25) is 4.70 Å². The van der Waals surface area contributed by atoms with Gasteiger partial charge in [0.05, 0.1) is 0 Å². The van der Waals surface area contributed by atoms with Crippen LogP contribution in [0.3, 0.4) is 0 Å². The maximum Gasteiger partial charge on any atom is 0.488 e. The monoisotopic (exact) mass is 1360 g/mol. The molecule has 9 aromatic rings. The zero-order chi connectivity index (χ0) is 63.3. The van der Waals surface area contributed by atoms with Crippen LogP contribution in [0.5, 0.6) is 0 Å². The molecule has 0 radical (unpaired) electrons. The van der Waals surface area contributed by atoms with E-state index in [2.05, 4.69) is 283 Å². The summed E-state index contributed by atoms with van der Waals surface area (Å²) in [5, 5.41) is 18.0. The number of aryl methyl sites for hydroxylation is 13. The van der Waals surface area contributed by atoms with E-state index in [9.17, 15) is 0 Å². The van der Waals surface area contributed by atoms with Crippen LogP contribution in [0.2, 0.25) is 19.6 Å². The van der Waals surface area contributed by atoms with Gasteiger partial charge in [0.1, 0.15) is 8.07 Å². The van der Waals surface area contributed by atoms with Crippen molar-refractivity contribution in [3.63, 3.8) is 0 Å². The second kappa shape index (κ2) is 35.8. The van der Waals surface area contributed by atoms with Crippen LogP contribution < -0.4 is 5.46 Å². The summed E-state index contributed by atoms with van der Waals surface area (Å²) >= 11 is 10.1. The fourth-order valence-electron chi connectivity index (χ4n) is 9.32. The number of hydrogen-bond donors (Lipinski definition) is 2. The van der Waals surface area contributed by atoms with E-state index in [1.165, 1.54) is 117 Å². The van der Waals surface area contributed by atoms with Crippen LogP contribution in [0.25, 0.3) is 22.3 Å². The maximum absolute atomic E-state index is 8.98. The third kappa shape index (κ3) is 24.0. The van der Waals surface area contributed by atoms with Gasteiger partial charge in [0.25, 0.3) is 0 Å². The molecule has 0 unspecified atom stereocenters. The molecule has 0 bridgehead atoms. The zero-order valence-electron chi connectivity index (χ0n) is 54.5. The SMILES string of the molecule is C#C[Si](C)(C)C.Cc1cc(-c2ccc(C)c(C)c2C)ccc1-c1ccc(C)c(C)c1C.Cc1cc(Br)ccc1Br.Cc1ccc(B(O)O)c(C)c1C.Cc1ccc(Br)cc1.Cc1ccc(CCc2ccc(CCc3ccc(C)cc3)c(C)c2)cc1.F. The quantitative estimate of drug-likeness (QED) is 0.112. The molecule has 2 nitrogen and oxygen atoms in total. The van der Waals surface area contributed by atoms with Gasteiger partial charge in [-0.1, -0.05) is 218 Å². The van der Waals surface area contributed by atoms with E-state index in [1.807, 2.05) is 51.1 Å². The number of benzene rings is 9. The topological polar surface area (TPSA) is 40.5 Å². The molecule has 0 aliphatic carbocycles. The Morgan fingerprint density at radius 2 is 0.779 bits per heavy atom. The van der Waals surface area contributed by atoms with Crippen LogP contribution in [-0.2, 0) is 25.7 Å². The summed E-state index contributed by atoms with van der Waals surface area (Å²) in [6.07, 6.45) is 9.58. The summed E-state index contributed by atoms with van der Waals surface area (Å²) in [6.45, 7) is 38.5. The van der Waals surface area contributed by atoms with Crippen LogP contribution in [0.15, 0.2) is 177 Å². The zero-order valence-corrected chi connectivity index (χ0v) is 60.3. The second-order valence-electron chi connectivity index (χ2n) is 23.8. The molecule has 0 aromatic heterocycles. The highest BCUT2D eigenvalue weighted by atomic mass is 79.9. The lowest BCUT2D eigenvalue weighted by Gasteiger charge is -2.16. The molecule has 2 N–H and O–H groups in total. The number of terminal acetylenes is 1. The lowest BCUT2D eigenvalue weighted by molar-refractivity contribution is 0.425. The number of rotatable bonds is 9. The molecule has 8 heteroatoms. The van der Waals surface area contributed by atoms with Crippen LogP contribution in [0.1, 0.15) is 106 Å². The fraction of sp³-hybridized carbons (Fsp3) is 0.282. The minimum Gasteiger partial charge on any atom is -0.423 e. The van der Waals surface area contributed by atoms with Crippen molar-refractivity contribution >= 4 is 68.4 Å². The lowest BCUT2D eigenvalue weighted by Crippen LogP contribution is -2.32. The van der Waals surface area contributed by atoms with Crippen LogP contribution >= 0.6 is 47.8 Å². The molecule has 0 spiro atoms. The van der Waals surface area contributed by atoms with Gasteiger partial charge in [-0.05, 0) is 277 Å². The van der Waals surface area contributed by atoms with Crippen molar-refractivity contribution in [2.75, 3.05) is 0 Å². The van der Waals surface area contributed by atoms with E-state index < -0.39 is 15.2 Å². The second-order valence-corrected chi connectivity index (χ2v) is 31.3. The first-order chi connectivity index (χ1) is 40.0. The predicted octanol–water partition coefficient (Wildman–Crippen LogP) is 21.6. The standard InChI is InChI=1S/2C25H28.C9H13BO2.C7H6Br2.C7H7Br.C5H10Si.FH/c1-15-8-11-24(20(6)18(15)4)22-10-13-23(17(3)14-22)25-12-9-16(2)19(5)21(25)7;1-19-4-8-22(9-5-19)12-13-24-15-17-25(21(3)18-24)16-14-23-10-6-20(2)7-11-23;1-6-4-5-9(10(11)12)8(3)7(6)2;1-5-4-6(8)2-3-7(5)9;1-6-2-4-7(8)5-3-6;1-5-6(2,3)4;/h8-14H,1-7H3;4-11,15,17-18H,12-14,16H2,1-3H3;4-5,11-12H,1-3H3;2-4H,1H3;2-5H,1H3;1H,2-4H3;1H. The molecule has 0 aliphatic rings. The fourth-order valence-corrected chi connectivity index (χ4v) is 10.3. The van der Waals surface area contributed by atoms with Gasteiger partial charge in [0, 0.05) is 13.4 Å². The Balaban J connectivity index is 0.000000292. The smallest absolute Gasteiger partial charge is 0.423 e. The van der Waals surface area contributed by atoms with Gasteiger partial charge in [0.2, 0.25) is 0 Å². The summed E-state index contributed by atoms with van der Waals surface area (Å²) in [6, 6.07) is 58.7. The Bertz CT molecular complexity index is 3630. The normalized spacial score (nSPS) is 10.3. The molecule has 9 rings (SSSR count). The minimum atomic E-state index is -1.36. The minimum absolute atomic E-state index is 0. The first-order valence-corrected chi connectivity index (χ1v) is 35.4. The molecule has 9 aromatic carbocycles. The van der Waals surface area contributed by atoms with Gasteiger partial charge < -0.3 is 10.0 Å². The van der Waals surface area contributed by atoms with Crippen LogP contribution in [-0.4, -0.2) is 25.2 Å². The Morgan fingerprint density at radius 1 is 0.372 bits per heavy atom. The van der Waals surface area contributed by atoms with Crippen molar-refractivity contribution < 1.29 is 14.8 Å². The first-order valence-electron chi connectivity index (χ1n) is 29.5. The summed E-state index contributed by atoms with van der Waals surface area (Å²) in [7, 11) is -2.46. The van der Waals surface area contributed by atoms with Gasteiger partial charge in [-0.15, -0.1) is 12.0 Å². The van der Waals surface area contributed by atoms with Gasteiger partial charge in [0.15, 0.2) is 0 Å². The van der Waals surface area contributed by atoms with Gasteiger partial charge >= 0.3 is 7.12 Å². The van der Waals surface area contributed by atoms with E-state index in [-0.39, 0.29) is 4.70 Å². The summed E-state index contributed by atoms with van der Waals surface area (Å²) < 4.78 is 3.43. The molecule has 452 valence electrons. The van der Waals surface area contributed by atoms with E-state index in [0.717, 1.165) is 50.2 Å². The van der Waals surface area contributed by atoms with E-state index in [4.69, 9.17) is 16.5 Å². The third-order valence-corrected chi connectivity index (χ3v) is 18.7. The molecule has 0 atom stereocenters. The van der Waals surface area contributed by atoms with E-state index in [1.54, 1.807) is 6.07 Å². The molecule has 0 heterocycles. The average molecular weight is 1360 g/mol. The molecule has 0 saturated heterocycles. The molecule has 0 aliphatic heterocycles. The highest BCUT2D eigenvalue weighted by molar-refractivity contribution is 9.11. The van der Waals surface area contributed by atoms with Crippen molar-refractivity contribution in [2.45, 2.75) is 149 Å². The largest absolute Gasteiger partial charge is 0.488 e. The lowest BCUT2D eigenvalue weighted by atomic mass is 9.75. The van der Waals surface area contributed by atoms with Gasteiger partial charge in [-0.25, -0.2) is 0 Å². The average Bonchev–Trinajstić information content (AvgIpc) is 1.30. The highest BCUT2D eigenvalue weighted by Crippen LogP contribution is 2.34. The van der Waals surface area contributed by atoms with Gasteiger partial charge in [-0.2, -0.15) is 0 Å². The van der Waals surface area contributed by atoms with E-state index >= 15 is 0 Å². The van der Waals surface area contributed by atoms with Crippen LogP contribution in [0.4, 0.5) is 4.70 Å². The Labute approximate surface area is 545 Å². The van der Waals surface area contributed by atoms with Crippen LogP contribution in [0, 0.1) is 116 Å². The summed E-state index contributed by atoms with van der Waals surface area (Å²) in [4.78, 5) is 0. The molecule has 86 heavy (non-hydrogen) atoms. The van der Waals surface area contributed by atoms with Crippen molar-refractivity contribution in [1.29, 1.82) is 0 Å². The van der Waals surface area contributed by atoms with Crippen molar-refractivity contribution in [3.8, 4) is 34.2 Å². The molecular weight excluding hydrogens is 1270 g/mol. The van der Waals surface area contributed by atoms with Crippen molar-refractivity contribution in [1.82, 2.24) is 0 Å². The Hall–Kier alpha value is -5.89. The molecule has 0 fully saturated rings. The maximum atomic E-state index is 8.98. The predicted molar refractivity (Wildman–Crippen MR) is 389 cm³/mol. The Kier molecular flexibility index (Phi) is 31.0. The van der Waals surface area contributed by atoms with Crippen molar-refractivity contribution in [2.24, 2.45) is 0 Å². The summed E-state index contributed by atoms with van der Waals surface area (Å²) in [5.74, 6) is 0. The number of hydrogen-bond acceptors (Lipinski definition) is 2. The highest BCUT2D eigenvalue weighted by Gasteiger charge is 2.16. The molecular formula is C78H93BBr3FO2Si. The summed E-state index contributed by atoms with van der Waals surface area (Å²) in [5.41, 5.74) is 34.0. The van der Waals surface area contributed by atoms with E-state index in [0.29, 0.717) is 5.46 Å². The molecule has 0 saturated carbocycles. The number of halogens is 4. The Morgan fingerprint density at radius 3 is 1.22 bits per heavy atom. The first kappa shape index (κ1) is 74.4. The van der Waals surface area contributed by atoms with Crippen molar-refractivity contribution in [3.05, 3.63) is 283 Å². The molecule has 0 amide bonds.